The van der Waals surface area contributed by atoms with Gasteiger partial charge in [-0.15, -0.1) is 39.9 Å². The first-order valence-corrected chi connectivity index (χ1v) is 12.7. The molecule has 0 spiro atoms. The molecule has 32 heavy (non-hydrogen) atoms. The Bertz CT molecular complexity index is 1170. The van der Waals surface area contributed by atoms with Crippen LogP contribution < -0.4 is 5.32 Å². The summed E-state index contributed by atoms with van der Waals surface area (Å²) in [5, 5.41) is 14.7. The lowest BCUT2D eigenvalue weighted by atomic mass is 10.2. The van der Waals surface area contributed by atoms with Crippen LogP contribution in [0.2, 0.25) is 0 Å². The average molecular weight is 480 g/mol. The van der Waals surface area contributed by atoms with Gasteiger partial charge in [0.15, 0.2) is 10.3 Å². The number of amides is 1. The highest BCUT2D eigenvalue weighted by Crippen LogP contribution is 2.26. The number of thioether (sulfide) groups is 2. The zero-order valence-corrected chi connectivity index (χ0v) is 19.6. The van der Waals surface area contributed by atoms with E-state index in [0.717, 1.165) is 17.1 Å². The van der Waals surface area contributed by atoms with Crippen LogP contribution in [-0.2, 0) is 17.1 Å². The van der Waals surface area contributed by atoms with Crippen LogP contribution in [0, 0.1) is 0 Å². The Morgan fingerprint density at radius 1 is 1.06 bits per heavy atom. The second-order valence-corrected chi connectivity index (χ2v) is 9.49. The molecule has 0 bridgehead atoms. The number of nitrogens with one attached hydrogen (secondary N) is 1. The van der Waals surface area contributed by atoms with Gasteiger partial charge < -0.3 is 9.88 Å². The zero-order chi connectivity index (χ0) is 22.2. The summed E-state index contributed by atoms with van der Waals surface area (Å²) in [6.07, 6.45) is 1.81. The number of nitrogens with zero attached hydrogens (tertiary/aromatic N) is 4. The van der Waals surface area contributed by atoms with Crippen molar-refractivity contribution in [3.63, 3.8) is 0 Å². The lowest BCUT2D eigenvalue weighted by Crippen LogP contribution is -2.14. The molecule has 0 saturated carbocycles. The number of benzene rings is 2. The van der Waals surface area contributed by atoms with E-state index < -0.39 is 0 Å². The van der Waals surface area contributed by atoms with Crippen molar-refractivity contribution in [1.29, 1.82) is 0 Å². The van der Waals surface area contributed by atoms with Crippen LogP contribution in [0.4, 0.5) is 5.13 Å². The van der Waals surface area contributed by atoms with E-state index in [-0.39, 0.29) is 11.7 Å². The van der Waals surface area contributed by atoms with Gasteiger partial charge in [0, 0.05) is 22.4 Å². The Balaban J connectivity index is 1.34. The van der Waals surface area contributed by atoms with Crippen LogP contribution in [0.5, 0.6) is 0 Å². The van der Waals surface area contributed by atoms with E-state index in [0.29, 0.717) is 22.6 Å². The zero-order valence-electron chi connectivity index (χ0n) is 17.2. The van der Waals surface area contributed by atoms with Gasteiger partial charge in [-0.1, -0.05) is 66.4 Å². The first kappa shape index (κ1) is 22.3. The number of hydrogen-bond acceptors (Lipinski definition) is 7. The topological polar surface area (TPSA) is 72.7 Å². The first-order chi connectivity index (χ1) is 15.7. The third kappa shape index (κ3) is 5.87. The molecule has 0 aliphatic heterocycles. The Morgan fingerprint density at radius 2 is 1.81 bits per heavy atom. The van der Waals surface area contributed by atoms with Gasteiger partial charge in [-0.3, -0.25) is 4.79 Å². The van der Waals surface area contributed by atoms with Crippen molar-refractivity contribution >= 4 is 45.9 Å². The lowest BCUT2D eigenvalue weighted by molar-refractivity contribution is -0.113. The van der Waals surface area contributed by atoms with Crippen LogP contribution in [0.15, 0.2) is 88.8 Å². The number of carbonyl (C=O) groups excluding carboxylic acids is 1. The standard InChI is InChI=1S/C23H21N5OS3/c1-2-13-28-20(15-30-18-11-7-4-8-12-18)26-27-23(28)32-16-21(29)25-22-24-19(14-31-22)17-9-5-3-6-10-17/h2-12,14H,1,13,15-16H2,(H,24,25,29). The second-order valence-electron chi connectivity index (χ2n) is 6.64. The van der Waals surface area contributed by atoms with Gasteiger partial charge in [-0.25, -0.2) is 4.98 Å². The van der Waals surface area contributed by atoms with Crippen molar-refractivity contribution in [2.24, 2.45) is 0 Å². The van der Waals surface area contributed by atoms with Gasteiger partial charge >= 0.3 is 0 Å². The predicted octanol–water partition coefficient (Wildman–Crippen LogP) is 5.61. The molecule has 0 unspecified atom stereocenters. The smallest absolute Gasteiger partial charge is 0.236 e. The largest absolute Gasteiger partial charge is 0.301 e. The van der Waals surface area contributed by atoms with Crippen LogP contribution in [0.1, 0.15) is 5.82 Å². The minimum atomic E-state index is -0.127. The highest BCUT2D eigenvalue weighted by atomic mass is 32.2. The van der Waals surface area contributed by atoms with Gasteiger partial charge in [0.2, 0.25) is 5.91 Å². The molecule has 1 N–H and O–H groups in total. The molecule has 0 saturated heterocycles. The molecule has 162 valence electrons. The van der Waals surface area contributed by atoms with Crippen molar-refractivity contribution in [3.8, 4) is 11.3 Å². The molecular formula is C23H21N5OS3. The minimum absolute atomic E-state index is 0.127. The molecule has 0 fully saturated rings. The van der Waals surface area contributed by atoms with Crippen molar-refractivity contribution in [3.05, 3.63) is 84.5 Å². The van der Waals surface area contributed by atoms with Crippen molar-refractivity contribution in [2.45, 2.75) is 22.3 Å². The van der Waals surface area contributed by atoms with Gasteiger partial charge in [0.1, 0.15) is 5.82 Å². The average Bonchev–Trinajstić information content (AvgIpc) is 3.45. The Kier molecular flexibility index (Phi) is 7.76. The summed E-state index contributed by atoms with van der Waals surface area (Å²) in [7, 11) is 0. The fraction of sp³-hybridized carbons (Fsp3) is 0.130. The van der Waals surface area contributed by atoms with Crippen molar-refractivity contribution in [2.75, 3.05) is 11.1 Å². The maximum Gasteiger partial charge on any atom is 0.236 e. The van der Waals surface area contributed by atoms with Crippen LogP contribution >= 0.6 is 34.9 Å². The molecule has 9 heteroatoms. The van der Waals surface area contributed by atoms with E-state index in [1.165, 1.54) is 28.0 Å². The number of aromatic nitrogens is 4. The highest BCUT2D eigenvalue weighted by Gasteiger charge is 2.15. The molecule has 0 atom stereocenters. The first-order valence-electron chi connectivity index (χ1n) is 9.87. The molecule has 2 heterocycles. The Morgan fingerprint density at radius 3 is 2.56 bits per heavy atom. The third-order valence-corrected chi connectivity index (χ3v) is 7.10. The van der Waals surface area contributed by atoms with Crippen LogP contribution in [-0.4, -0.2) is 31.4 Å². The molecule has 6 nitrogen and oxygen atoms in total. The molecule has 4 aromatic rings. The molecule has 0 radical (unpaired) electrons. The normalized spacial score (nSPS) is 10.8. The van der Waals surface area contributed by atoms with E-state index >= 15 is 0 Å². The molecule has 4 rings (SSSR count). The number of allylic oxidation sites excluding steroid dienone is 1. The van der Waals surface area contributed by atoms with Crippen LogP contribution in [0.3, 0.4) is 0 Å². The predicted molar refractivity (Wildman–Crippen MR) is 133 cm³/mol. The van der Waals surface area contributed by atoms with Crippen molar-refractivity contribution in [1.82, 2.24) is 19.7 Å². The quantitative estimate of drug-likeness (QED) is 0.235. The van der Waals surface area contributed by atoms with E-state index in [1.54, 1.807) is 11.8 Å². The summed E-state index contributed by atoms with van der Waals surface area (Å²) >= 11 is 4.47. The van der Waals surface area contributed by atoms with E-state index in [2.05, 4.69) is 39.2 Å². The number of thiazole rings is 1. The van der Waals surface area contributed by atoms with Gasteiger partial charge in [0.25, 0.3) is 0 Å². The highest BCUT2D eigenvalue weighted by molar-refractivity contribution is 7.99. The fourth-order valence-corrected chi connectivity index (χ4v) is 5.23. The number of carbonyl (C=O) groups is 1. The summed E-state index contributed by atoms with van der Waals surface area (Å²) in [5.41, 5.74) is 1.88. The SMILES string of the molecule is C=CCn1c(CSc2ccccc2)nnc1SCC(=O)Nc1nc(-c2ccccc2)cs1. The van der Waals surface area contributed by atoms with Crippen LogP contribution in [0.25, 0.3) is 11.3 Å². The van der Waals surface area contributed by atoms with Gasteiger partial charge in [0.05, 0.1) is 17.2 Å². The summed E-state index contributed by atoms with van der Waals surface area (Å²) in [6.45, 7) is 4.43. The maximum absolute atomic E-state index is 12.5. The molecule has 0 aliphatic carbocycles. The minimum Gasteiger partial charge on any atom is -0.301 e. The molecule has 2 aromatic heterocycles. The Labute approximate surface area is 199 Å². The maximum atomic E-state index is 12.5. The molecule has 1 amide bonds. The molecule has 0 aliphatic rings. The van der Waals surface area contributed by atoms with E-state index in [9.17, 15) is 4.79 Å². The summed E-state index contributed by atoms with van der Waals surface area (Å²) < 4.78 is 2.00. The summed E-state index contributed by atoms with van der Waals surface area (Å²) in [4.78, 5) is 18.2. The van der Waals surface area contributed by atoms with Gasteiger partial charge in [-0.05, 0) is 12.1 Å². The monoisotopic (exact) mass is 479 g/mol. The number of hydrogen-bond donors (Lipinski definition) is 1. The molecule has 2 aromatic carbocycles. The molecular weight excluding hydrogens is 458 g/mol. The van der Waals surface area contributed by atoms with Gasteiger partial charge in [-0.2, -0.15) is 0 Å². The second kappa shape index (κ2) is 11.1. The van der Waals surface area contributed by atoms with Crippen molar-refractivity contribution < 1.29 is 4.79 Å². The Hall–Kier alpha value is -2.88. The summed E-state index contributed by atoms with van der Waals surface area (Å²) in [5.74, 6) is 1.65. The lowest BCUT2D eigenvalue weighted by Gasteiger charge is -2.07. The third-order valence-electron chi connectivity index (χ3n) is 4.37. The fourth-order valence-electron chi connectivity index (χ4n) is 2.87. The van der Waals surface area contributed by atoms with E-state index in [1.807, 2.05) is 64.6 Å². The number of anilines is 1. The van der Waals surface area contributed by atoms with E-state index in [4.69, 9.17) is 0 Å². The number of rotatable bonds is 10. The summed E-state index contributed by atoms with van der Waals surface area (Å²) in [6, 6.07) is 20.1.